The third kappa shape index (κ3) is 4.32. The molecule has 0 saturated heterocycles. The fraction of sp³-hybridized carbons (Fsp3) is 0.211. The number of quaternary nitrogens is 1. The monoisotopic (exact) mass is 357 g/mol. The number of nitrogens with two attached hydrogens (primary N) is 1. The molecule has 2 heterocycles. The first-order valence-corrected chi connectivity index (χ1v) is 9.74. The van der Waals surface area contributed by atoms with Crippen molar-refractivity contribution in [2.75, 3.05) is 6.54 Å². The van der Waals surface area contributed by atoms with Gasteiger partial charge in [0.05, 0.1) is 10.9 Å². The van der Waals surface area contributed by atoms with Crippen LogP contribution in [0.1, 0.15) is 34.3 Å². The summed E-state index contributed by atoms with van der Waals surface area (Å²) in [7, 11) is 0. The van der Waals surface area contributed by atoms with E-state index in [0.29, 0.717) is 6.54 Å². The Hall–Kier alpha value is -1.95. The van der Waals surface area contributed by atoms with Crippen LogP contribution in [-0.4, -0.2) is 12.5 Å². The molecule has 3 rings (SSSR count). The molecule has 1 aromatic carbocycles. The summed E-state index contributed by atoms with van der Waals surface area (Å²) in [5.41, 5.74) is 1.22. The Morgan fingerprint density at radius 3 is 2.29 bits per heavy atom. The van der Waals surface area contributed by atoms with Gasteiger partial charge in [0.1, 0.15) is 6.04 Å². The van der Waals surface area contributed by atoms with E-state index in [4.69, 9.17) is 0 Å². The van der Waals surface area contributed by atoms with Crippen LogP contribution in [0.25, 0.3) is 0 Å². The Bertz CT molecular complexity index is 739. The maximum absolute atomic E-state index is 12.3. The van der Waals surface area contributed by atoms with Gasteiger partial charge >= 0.3 is 0 Å². The molecule has 0 unspecified atom stereocenters. The van der Waals surface area contributed by atoms with Crippen molar-refractivity contribution >= 4 is 28.6 Å². The van der Waals surface area contributed by atoms with E-state index in [0.717, 1.165) is 0 Å². The molecule has 2 aromatic heterocycles. The number of hydrogen-bond acceptors (Lipinski definition) is 3. The fourth-order valence-electron chi connectivity index (χ4n) is 2.68. The lowest BCUT2D eigenvalue weighted by Gasteiger charge is -2.16. The van der Waals surface area contributed by atoms with Gasteiger partial charge in [-0.15, -0.1) is 22.7 Å². The number of carbonyl (C=O) groups excluding carboxylic acids is 1. The van der Waals surface area contributed by atoms with Gasteiger partial charge in [0.15, 0.2) is 6.54 Å². The van der Waals surface area contributed by atoms with E-state index in [1.165, 1.54) is 15.3 Å². The van der Waals surface area contributed by atoms with Crippen LogP contribution in [0, 0.1) is 0 Å². The maximum atomic E-state index is 12.3. The minimum absolute atomic E-state index is 0.0582. The summed E-state index contributed by atoms with van der Waals surface area (Å²) in [4.78, 5) is 14.8. The number of carbonyl (C=O) groups is 1. The summed E-state index contributed by atoms with van der Waals surface area (Å²) in [5, 5.41) is 9.30. The van der Waals surface area contributed by atoms with Crippen molar-refractivity contribution in [3.63, 3.8) is 0 Å². The van der Waals surface area contributed by atoms with Gasteiger partial charge in [-0.25, -0.2) is 0 Å². The van der Waals surface area contributed by atoms with Crippen LogP contribution >= 0.6 is 22.7 Å². The molecule has 2 atom stereocenters. The largest absolute Gasteiger partial charge is 0.344 e. The summed E-state index contributed by atoms with van der Waals surface area (Å²) in [6, 6.07) is 18.8. The Morgan fingerprint density at radius 2 is 1.67 bits per heavy atom. The number of nitrogens with one attached hydrogen (secondary N) is 1. The molecule has 0 aliphatic heterocycles. The van der Waals surface area contributed by atoms with Gasteiger partial charge in [-0.1, -0.05) is 42.5 Å². The van der Waals surface area contributed by atoms with E-state index in [9.17, 15) is 4.79 Å². The maximum Gasteiger partial charge on any atom is 0.275 e. The van der Waals surface area contributed by atoms with Crippen LogP contribution in [0.4, 0.5) is 0 Å². The second-order valence-electron chi connectivity index (χ2n) is 5.65. The van der Waals surface area contributed by atoms with Crippen molar-refractivity contribution in [2.45, 2.75) is 19.0 Å². The summed E-state index contributed by atoms with van der Waals surface area (Å²) in [6.07, 6.45) is 0. The number of benzene rings is 1. The molecule has 0 aliphatic carbocycles. The Labute approximate surface area is 150 Å². The van der Waals surface area contributed by atoms with Crippen molar-refractivity contribution in [3.05, 3.63) is 80.7 Å². The molecule has 0 radical (unpaired) electrons. The minimum atomic E-state index is 0.0582. The van der Waals surface area contributed by atoms with Gasteiger partial charge in [-0.3, -0.25) is 4.79 Å². The van der Waals surface area contributed by atoms with E-state index in [2.05, 4.69) is 46.3 Å². The standard InChI is InChI=1S/C19H20N2OS2/c1-14(16-9-5-11-23-16)21-18(22)13-20-19(17-10-6-12-24-17)15-7-3-2-4-8-15/h2-12,14,19-20H,13H2,1H3,(H,21,22)/p+1/t14-,19+/m0/s1. The normalized spacial score (nSPS) is 13.4. The van der Waals surface area contributed by atoms with Gasteiger partial charge in [0, 0.05) is 10.4 Å². The van der Waals surface area contributed by atoms with Gasteiger partial charge in [0.25, 0.3) is 5.91 Å². The molecule has 124 valence electrons. The molecule has 0 aliphatic rings. The topological polar surface area (TPSA) is 45.7 Å². The molecule has 0 saturated carbocycles. The second-order valence-corrected chi connectivity index (χ2v) is 7.61. The van der Waals surface area contributed by atoms with Crippen LogP contribution in [-0.2, 0) is 4.79 Å². The summed E-state index contributed by atoms with van der Waals surface area (Å²) in [6.45, 7) is 2.44. The van der Waals surface area contributed by atoms with E-state index in [-0.39, 0.29) is 18.0 Å². The fourth-order valence-corrected chi connectivity index (χ4v) is 4.26. The lowest BCUT2D eigenvalue weighted by atomic mass is 10.1. The average Bonchev–Trinajstić information content (AvgIpc) is 3.30. The van der Waals surface area contributed by atoms with Crippen molar-refractivity contribution in [2.24, 2.45) is 0 Å². The Morgan fingerprint density at radius 1 is 1.00 bits per heavy atom. The second kappa shape index (κ2) is 8.24. The lowest BCUT2D eigenvalue weighted by molar-refractivity contribution is -0.676. The highest BCUT2D eigenvalue weighted by molar-refractivity contribution is 7.10. The number of rotatable bonds is 7. The first-order valence-electron chi connectivity index (χ1n) is 7.98. The molecule has 0 fully saturated rings. The van der Waals surface area contributed by atoms with E-state index < -0.39 is 0 Å². The van der Waals surface area contributed by atoms with Gasteiger partial charge < -0.3 is 10.6 Å². The third-order valence-corrected chi connectivity index (χ3v) is 5.91. The van der Waals surface area contributed by atoms with Crippen LogP contribution in [0.5, 0.6) is 0 Å². The predicted molar refractivity (Wildman–Crippen MR) is 100 cm³/mol. The summed E-state index contributed by atoms with van der Waals surface area (Å²) >= 11 is 3.40. The molecule has 1 amide bonds. The Balaban J connectivity index is 1.62. The molecule has 0 spiro atoms. The van der Waals surface area contributed by atoms with Crippen molar-refractivity contribution < 1.29 is 10.1 Å². The highest BCUT2D eigenvalue weighted by Gasteiger charge is 2.20. The van der Waals surface area contributed by atoms with Gasteiger partial charge in [-0.2, -0.15) is 0 Å². The van der Waals surface area contributed by atoms with Crippen molar-refractivity contribution in [1.82, 2.24) is 5.32 Å². The van der Waals surface area contributed by atoms with E-state index in [1.807, 2.05) is 36.6 Å². The van der Waals surface area contributed by atoms with Crippen LogP contribution in [0.3, 0.4) is 0 Å². The SMILES string of the molecule is C[C@H](NC(=O)C[NH2+][C@H](c1ccccc1)c1cccs1)c1cccs1. The smallest absolute Gasteiger partial charge is 0.275 e. The van der Waals surface area contributed by atoms with E-state index >= 15 is 0 Å². The zero-order chi connectivity index (χ0) is 16.8. The van der Waals surface area contributed by atoms with Gasteiger partial charge in [0.2, 0.25) is 0 Å². The summed E-state index contributed by atoms with van der Waals surface area (Å²) in [5.74, 6) is 0.0633. The number of hydrogen-bond donors (Lipinski definition) is 2. The molecule has 3 nitrogen and oxygen atoms in total. The quantitative estimate of drug-likeness (QED) is 0.669. The lowest BCUT2D eigenvalue weighted by Crippen LogP contribution is -2.87. The molecule has 0 bridgehead atoms. The molecule has 3 N–H and O–H groups in total. The Kier molecular flexibility index (Phi) is 5.80. The van der Waals surface area contributed by atoms with Crippen molar-refractivity contribution in [1.29, 1.82) is 0 Å². The highest BCUT2D eigenvalue weighted by Crippen LogP contribution is 2.22. The predicted octanol–water partition coefficient (Wildman–Crippen LogP) is 3.34. The molecule has 5 heteroatoms. The third-order valence-electron chi connectivity index (χ3n) is 3.89. The van der Waals surface area contributed by atoms with Crippen LogP contribution in [0.15, 0.2) is 65.4 Å². The summed E-state index contributed by atoms with van der Waals surface area (Å²) < 4.78 is 0. The molecular weight excluding hydrogens is 336 g/mol. The average molecular weight is 358 g/mol. The van der Waals surface area contributed by atoms with E-state index in [1.54, 1.807) is 22.7 Å². The van der Waals surface area contributed by atoms with Crippen LogP contribution in [0.2, 0.25) is 0 Å². The van der Waals surface area contributed by atoms with Gasteiger partial charge in [-0.05, 0) is 29.8 Å². The molecule has 24 heavy (non-hydrogen) atoms. The molecular formula is C19H21N2OS2+. The zero-order valence-electron chi connectivity index (χ0n) is 13.5. The first kappa shape index (κ1) is 16.9. The first-order chi connectivity index (χ1) is 11.7. The minimum Gasteiger partial charge on any atom is -0.344 e. The number of amides is 1. The van der Waals surface area contributed by atoms with Crippen molar-refractivity contribution in [3.8, 4) is 0 Å². The zero-order valence-corrected chi connectivity index (χ0v) is 15.1. The highest BCUT2D eigenvalue weighted by atomic mass is 32.1. The number of thiophene rings is 2. The molecule has 3 aromatic rings. The van der Waals surface area contributed by atoms with Crippen LogP contribution < -0.4 is 10.6 Å².